The lowest BCUT2D eigenvalue weighted by atomic mass is 9.94. The Morgan fingerprint density at radius 3 is 2.02 bits per heavy atom. The van der Waals surface area contributed by atoms with Crippen LogP contribution in [0.4, 0.5) is 5.69 Å². The van der Waals surface area contributed by atoms with E-state index in [0.29, 0.717) is 0 Å². The molecule has 0 aromatic heterocycles. The lowest BCUT2D eigenvalue weighted by Crippen LogP contribution is -2.55. The van der Waals surface area contributed by atoms with Crippen molar-refractivity contribution in [1.82, 2.24) is 10.2 Å². The molecule has 2 amide bonds. The van der Waals surface area contributed by atoms with Gasteiger partial charge in [0.05, 0.1) is 27.0 Å². The Morgan fingerprint density at radius 1 is 0.857 bits per heavy atom. The maximum atomic E-state index is 14.2. The summed E-state index contributed by atoms with van der Waals surface area (Å²) in [6, 6.07) is 20.5. The fourth-order valence-electron chi connectivity index (χ4n) is 5.18. The van der Waals surface area contributed by atoms with E-state index in [1.165, 1.54) is 17.0 Å². The normalized spacial score (nSPS) is 14.7. The van der Waals surface area contributed by atoms with Gasteiger partial charge in [0.2, 0.25) is 21.8 Å². The predicted molar refractivity (Wildman–Crippen MR) is 170 cm³/mol. The highest BCUT2D eigenvalue weighted by Crippen LogP contribution is 2.35. The zero-order valence-corrected chi connectivity index (χ0v) is 26.4. The van der Waals surface area contributed by atoms with Crippen molar-refractivity contribution >= 4 is 62.3 Å². The van der Waals surface area contributed by atoms with Crippen LogP contribution >= 0.6 is 34.8 Å². The Bertz CT molecular complexity index is 1480. The Labute approximate surface area is 262 Å². The second kappa shape index (κ2) is 14.6. The zero-order valence-electron chi connectivity index (χ0n) is 23.3. The van der Waals surface area contributed by atoms with Gasteiger partial charge in [-0.05, 0) is 36.1 Å². The fraction of sp³-hybridized carbons (Fsp3) is 0.355. The van der Waals surface area contributed by atoms with Crippen LogP contribution in [0.15, 0.2) is 72.8 Å². The maximum Gasteiger partial charge on any atom is 0.244 e. The summed E-state index contributed by atoms with van der Waals surface area (Å²) in [6.45, 7) is -0.493. The van der Waals surface area contributed by atoms with E-state index in [2.05, 4.69) is 5.32 Å². The molecular formula is C31H34Cl3N3O4S. The molecule has 3 aromatic rings. The molecule has 1 atom stereocenters. The molecule has 0 radical (unpaired) electrons. The van der Waals surface area contributed by atoms with Crippen molar-refractivity contribution in [3.05, 3.63) is 99.0 Å². The number of benzene rings is 3. The molecule has 0 aliphatic heterocycles. The van der Waals surface area contributed by atoms with E-state index in [0.717, 1.165) is 53.8 Å². The molecule has 0 bridgehead atoms. The molecule has 1 aliphatic carbocycles. The van der Waals surface area contributed by atoms with Crippen LogP contribution < -0.4 is 9.62 Å². The first-order valence-electron chi connectivity index (χ1n) is 13.8. The second-order valence-electron chi connectivity index (χ2n) is 10.5. The van der Waals surface area contributed by atoms with E-state index in [9.17, 15) is 18.0 Å². The highest BCUT2D eigenvalue weighted by Gasteiger charge is 2.34. The van der Waals surface area contributed by atoms with Crippen LogP contribution in [0.25, 0.3) is 0 Å². The number of anilines is 1. The van der Waals surface area contributed by atoms with Gasteiger partial charge in [0.1, 0.15) is 12.6 Å². The minimum absolute atomic E-state index is 0.0212. The molecule has 4 rings (SSSR count). The summed E-state index contributed by atoms with van der Waals surface area (Å²) >= 11 is 18.7. The number of hydrogen-bond donors (Lipinski definition) is 1. The summed E-state index contributed by atoms with van der Waals surface area (Å²) in [7, 11) is -4.00. The van der Waals surface area contributed by atoms with Crippen molar-refractivity contribution in [2.75, 3.05) is 17.1 Å². The average molecular weight is 651 g/mol. The Balaban J connectivity index is 1.73. The zero-order chi connectivity index (χ0) is 30.3. The summed E-state index contributed by atoms with van der Waals surface area (Å²) in [6.07, 6.45) is 6.21. The molecule has 224 valence electrons. The van der Waals surface area contributed by atoms with E-state index in [-0.39, 0.29) is 45.7 Å². The fourth-order valence-corrected chi connectivity index (χ4v) is 6.72. The van der Waals surface area contributed by atoms with Crippen molar-refractivity contribution in [1.29, 1.82) is 0 Å². The van der Waals surface area contributed by atoms with Gasteiger partial charge in [-0.15, -0.1) is 0 Å². The van der Waals surface area contributed by atoms with Crippen LogP contribution in [0.5, 0.6) is 0 Å². The van der Waals surface area contributed by atoms with E-state index >= 15 is 0 Å². The Hall–Kier alpha value is -2.78. The number of hydrogen-bond acceptors (Lipinski definition) is 4. The smallest absolute Gasteiger partial charge is 0.244 e. The number of nitrogens with zero attached hydrogens (tertiary/aromatic N) is 2. The molecule has 1 fully saturated rings. The van der Waals surface area contributed by atoms with Crippen molar-refractivity contribution in [3.8, 4) is 0 Å². The molecular weight excluding hydrogens is 617 g/mol. The van der Waals surface area contributed by atoms with Crippen molar-refractivity contribution < 1.29 is 18.0 Å². The average Bonchev–Trinajstić information content (AvgIpc) is 2.96. The summed E-state index contributed by atoms with van der Waals surface area (Å²) in [5, 5.41) is 3.44. The number of amides is 2. The van der Waals surface area contributed by atoms with Crippen LogP contribution in [0.2, 0.25) is 15.1 Å². The number of rotatable bonds is 11. The Kier molecular flexibility index (Phi) is 11.2. The second-order valence-corrected chi connectivity index (χ2v) is 13.7. The minimum Gasteiger partial charge on any atom is -0.352 e. The number of sulfonamides is 1. The van der Waals surface area contributed by atoms with Gasteiger partial charge in [-0.2, -0.15) is 0 Å². The highest BCUT2D eigenvalue weighted by atomic mass is 35.5. The monoisotopic (exact) mass is 649 g/mol. The first kappa shape index (κ1) is 32.1. The maximum absolute atomic E-state index is 14.2. The molecule has 0 unspecified atom stereocenters. The molecule has 1 N–H and O–H groups in total. The molecule has 0 saturated heterocycles. The molecule has 1 aliphatic rings. The molecule has 0 heterocycles. The third-order valence-corrected chi connectivity index (χ3v) is 9.51. The highest BCUT2D eigenvalue weighted by molar-refractivity contribution is 7.92. The van der Waals surface area contributed by atoms with Crippen LogP contribution in [-0.2, 0) is 32.6 Å². The summed E-state index contributed by atoms with van der Waals surface area (Å²) in [4.78, 5) is 29.6. The quantitative estimate of drug-likeness (QED) is 0.240. The van der Waals surface area contributed by atoms with Crippen LogP contribution in [0, 0.1) is 0 Å². The number of carbonyl (C=O) groups is 2. The van der Waals surface area contributed by atoms with Crippen molar-refractivity contribution in [2.24, 2.45) is 0 Å². The van der Waals surface area contributed by atoms with E-state index in [1.807, 2.05) is 60.7 Å². The van der Waals surface area contributed by atoms with Gasteiger partial charge in [0.25, 0.3) is 0 Å². The Morgan fingerprint density at radius 2 is 1.43 bits per heavy atom. The largest absolute Gasteiger partial charge is 0.352 e. The molecule has 42 heavy (non-hydrogen) atoms. The van der Waals surface area contributed by atoms with Gasteiger partial charge < -0.3 is 10.2 Å². The predicted octanol–water partition coefficient (Wildman–Crippen LogP) is 6.50. The molecule has 1 saturated carbocycles. The van der Waals surface area contributed by atoms with Crippen molar-refractivity contribution in [3.63, 3.8) is 0 Å². The first-order valence-corrected chi connectivity index (χ1v) is 16.8. The van der Waals surface area contributed by atoms with Gasteiger partial charge in [-0.1, -0.05) is 115 Å². The van der Waals surface area contributed by atoms with Gasteiger partial charge in [-0.25, -0.2) is 8.42 Å². The number of halogens is 3. The van der Waals surface area contributed by atoms with Crippen molar-refractivity contribution in [2.45, 2.75) is 57.2 Å². The summed E-state index contributed by atoms with van der Waals surface area (Å²) < 4.78 is 26.9. The minimum atomic E-state index is -4.00. The van der Waals surface area contributed by atoms with Gasteiger partial charge in [0, 0.05) is 19.0 Å². The van der Waals surface area contributed by atoms with E-state index in [4.69, 9.17) is 34.8 Å². The summed E-state index contributed by atoms with van der Waals surface area (Å²) in [5.41, 5.74) is 1.69. The lowest BCUT2D eigenvalue weighted by molar-refractivity contribution is -0.140. The SMILES string of the molecule is CS(=O)(=O)N(CC(=O)N(Cc1ccccc1)[C@@H](Cc1ccccc1)C(=O)NC1CCCCC1)c1cc(Cl)c(Cl)cc1Cl. The third-order valence-electron chi connectivity index (χ3n) is 7.36. The van der Waals surface area contributed by atoms with Gasteiger partial charge in [-0.3, -0.25) is 13.9 Å². The van der Waals surface area contributed by atoms with Crippen LogP contribution in [0.1, 0.15) is 43.2 Å². The van der Waals surface area contributed by atoms with E-state index < -0.39 is 28.5 Å². The summed E-state index contributed by atoms with van der Waals surface area (Å²) in [5.74, 6) is -0.834. The topological polar surface area (TPSA) is 86.8 Å². The standard InChI is InChI=1S/C31H34Cl3N3O4S/c1-42(40,41)37(28-19-26(33)25(32)18-27(28)34)21-30(38)36(20-23-13-7-3-8-14-23)29(17-22-11-5-2-6-12-22)31(39)35-24-15-9-4-10-16-24/h2-3,5-8,11-14,18-19,24,29H,4,9-10,15-17,20-21H2,1H3,(H,35,39)/t29-/m0/s1. The number of nitrogens with one attached hydrogen (secondary N) is 1. The third kappa shape index (κ3) is 8.63. The molecule has 3 aromatic carbocycles. The first-order chi connectivity index (χ1) is 20.0. The molecule has 7 nitrogen and oxygen atoms in total. The van der Waals surface area contributed by atoms with E-state index in [1.54, 1.807) is 0 Å². The van der Waals surface area contributed by atoms with Gasteiger partial charge >= 0.3 is 0 Å². The molecule has 11 heteroatoms. The van der Waals surface area contributed by atoms with Gasteiger partial charge in [0.15, 0.2) is 0 Å². The van der Waals surface area contributed by atoms with Crippen LogP contribution in [0.3, 0.4) is 0 Å². The van der Waals surface area contributed by atoms with Crippen LogP contribution in [-0.4, -0.2) is 50.0 Å². The lowest BCUT2D eigenvalue weighted by Gasteiger charge is -2.35. The molecule has 0 spiro atoms. The number of carbonyl (C=O) groups excluding carboxylic acids is 2.